The normalized spacial score (nSPS) is 12.9. The molecular weight excluding hydrogens is 211 g/mol. The first-order chi connectivity index (χ1) is 6.92. The van der Waals surface area contributed by atoms with Crippen LogP contribution >= 0.6 is 0 Å². The van der Waals surface area contributed by atoms with Gasteiger partial charge in [-0.25, -0.2) is 0 Å². The monoisotopic (exact) mass is 219 g/mol. The van der Waals surface area contributed by atoms with Crippen LogP contribution in [0, 0.1) is 0 Å². The molecule has 1 aromatic rings. The minimum Gasteiger partial charge on any atom is -0.409 e. The average Bonchev–Trinajstić information content (AvgIpc) is 2.14. The van der Waals surface area contributed by atoms with E-state index in [1.807, 2.05) is 0 Å². The molecule has 3 N–H and O–H groups in total. The molecule has 0 aliphatic heterocycles. The zero-order valence-electron chi connectivity index (χ0n) is 7.49. The van der Waals surface area contributed by atoms with Gasteiger partial charge in [-0.05, 0) is 17.7 Å². The number of halogens is 3. The highest BCUT2D eigenvalue weighted by molar-refractivity contribution is 5.95. The molecule has 0 aliphatic rings. The summed E-state index contributed by atoms with van der Waals surface area (Å²) in [6.45, 7) is 0. The molecule has 82 valence electrons. The Morgan fingerprint density at radius 3 is 2.73 bits per heavy atom. The lowest BCUT2D eigenvalue weighted by Crippen LogP contribution is -2.17. The van der Waals surface area contributed by atoms with Crippen molar-refractivity contribution in [3.05, 3.63) is 29.6 Å². The molecule has 0 amide bonds. The molecule has 7 heteroatoms. The molecule has 15 heavy (non-hydrogen) atoms. The van der Waals surface area contributed by atoms with Gasteiger partial charge in [-0.3, -0.25) is 4.98 Å². The Morgan fingerprint density at radius 1 is 1.53 bits per heavy atom. The average molecular weight is 219 g/mol. The number of hydrogen-bond donors (Lipinski definition) is 2. The first-order valence-corrected chi connectivity index (χ1v) is 3.92. The summed E-state index contributed by atoms with van der Waals surface area (Å²) in [5.74, 6) is -0.320. The van der Waals surface area contributed by atoms with Crippen molar-refractivity contribution >= 4 is 5.84 Å². The standard InChI is InChI=1S/C8H8F3N3O/c9-8(10,11)4-5-1-2-13-6(3-5)7(12)14-15/h1-3,15H,4H2,(H2,12,14). The second-order valence-electron chi connectivity index (χ2n) is 2.83. The molecule has 0 atom stereocenters. The first kappa shape index (κ1) is 11.3. The molecule has 0 aromatic carbocycles. The molecule has 1 heterocycles. The number of nitrogens with zero attached hydrogens (tertiary/aromatic N) is 2. The SMILES string of the molecule is N/C(=N\O)c1cc(CC(F)(F)F)ccn1. The Kier molecular flexibility index (Phi) is 3.13. The number of oxime groups is 1. The fraction of sp³-hybridized carbons (Fsp3) is 0.250. The van der Waals surface area contributed by atoms with Gasteiger partial charge in [0.1, 0.15) is 5.69 Å². The Bertz CT molecular complexity index is 376. The lowest BCUT2D eigenvalue weighted by atomic mass is 10.1. The van der Waals surface area contributed by atoms with Crippen molar-refractivity contribution in [3.8, 4) is 0 Å². The topological polar surface area (TPSA) is 71.5 Å². The Morgan fingerprint density at radius 2 is 2.20 bits per heavy atom. The van der Waals surface area contributed by atoms with Crippen LogP contribution in [0.3, 0.4) is 0 Å². The van der Waals surface area contributed by atoms with E-state index in [4.69, 9.17) is 10.9 Å². The maximum atomic E-state index is 12.0. The third-order valence-electron chi connectivity index (χ3n) is 1.60. The lowest BCUT2D eigenvalue weighted by Gasteiger charge is -2.06. The van der Waals surface area contributed by atoms with Crippen LogP contribution in [0.2, 0.25) is 0 Å². The van der Waals surface area contributed by atoms with E-state index in [-0.39, 0.29) is 17.1 Å². The van der Waals surface area contributed by atoms with Crippen molar-refractivity contribution in [1.29, 1.82) is 0 Å². The van der Waals surface area contributed by atoms with Crippen LogP contribution in [-0.2, 0) is 6.42 Å². The van der Waals surface area contributed by atoms with Crippen LogP contribution in [0.4, 0.5) is 13.2 Å². The van der Waals surface area contributed by atoms with Crippen molar-refractivity contribution in [2.45, 2.75) is 12.6 Å². The van der Waals surface area contributed by atoms with E-state index in [2.05, 4.69) is 10.1 Å². The third kappa shape index (κ3) is 3.45. The fourth-order valence-electron chi connectivity index (χ4n) is 1.01. The number of rotatable bonds is 2. The summed E-state index contributed by atoms with van der Waals surface area (Å²) in [5.41, 5.74) is 5.21. The molecule has 0 bridgehead atoms. The van der Waals surface area contributed by atoms with Crippen molar-refractivity contribution in [2.75, 3.05) is 0 Å². The van der Waals surface area contributed by atoms with Crippen molar-refractivity contribution in [2.24, 2.45) is 10.9 Å². The minimum absolute atomic E-state index is 0.0131. The molecular formula is C8H8F3N3O. The van der Waals surface area contributed by atoms with E-state index < -0.39 is 12.6 Å². The van der Waals surface area contributed by atoms with Gasteiger partial charge in [-0.15, -0.1) is 0 Å². The molecule has 0 radical (unpaired) electrons. The smallest absolute Gasteiger partial charge is 0.393 e. The summed E-state index contributed by atoms with van der Waals surface area (Å²) in [7, 11) is 0. The summed E-state index contributed by atoms with van der Waals surface area (Å²) >= 11 is 0. The van der Waals surface area contributed by atoms with Gasteiger partial charge in [0.25, 0.3) is 0 Å². The summed E-state index contributed by atoms with van der Waals surface area (Å²) < 4.78 is 36.1. The van der Waals surface area contributed by atoms with Crippen LogP contribution in [0.5, 0.6) is 0 Å². The minimum atomic E-state index is -4.29. The quantitative estimate of drug-likeness (QED) is 0.340. The maximum Gasteiger partial charge on any atom is 0.393 e. The van der Waals surface area contributed by atoms with E-state index in [0.29, 0.717) is 0 Å². The highest BCUT2D eigenvalue weighted by Crippen LogP contribution is 2.21. The summed E-state index contributed by atoms with van der Waals surface area (Å²) in [6, 6.07) is 2.35. The molecule has 1 rings (SSSR count). The number of amidine groups is 1. The Hall–Kier alpha value is -1.79. The zero-order valence-corrected chi connectivity index (χ0v) is 7.49. The van der Waals surface area contributed by atoms with Gasteiger partial charge in [0, 0.05) is 6.20 Å². The zero-order chi connectivity index (χ0) is 11.5. The van der Waals surface area contributed by atoms with Crippen LogP contribution < -0.4 is 5.73 Å². The summed E-state index contributed by atoms with van der Waals surface area (Å²) in [5, 5.41) is 11.0. The predicted molar refractivity (Wildman–Crippen MR) is 46.5 cm³/mol. The second-order valence-corrected chi connectivity index (χ2v) is 2.83. The lowest BCUT2D eigenvalue weighted by molar-refractivity contribution is -0.127. The van der Waals surface area contributed by atoms with Crippen LogP contribution in [0.25, 0.3) is 0 Å². The number of nitrogens with two attached hydrogens (primary N) is 1. The van der Waals surface area contributed by atoms with E-state index in [9.17, 15) is 13.2 Å². The Labute approximate surface area is 83.2 Å². The van der Waals surface area contributed by atoms with E-state index in [0.717, 1.165) is 6.07 Å². The molecule has 0 unspecified atom stereocenters. The van der Waals surface area contributed by atoms with Gasteiger partial charge in [-0.1, -0.05) is 5.16 Å². The van der Waals surface area contributed by atoms with Crippen LogP contribution in [0.15, 0.2) is 23.5 Å². The van der Waals surface area contributed by atoms with E-state index >= 15 is 0 Å². The second kappa shape index (κ2) is 4.16. The molecule has 1 aromatic heterocycles. The van der Waals surface area contributed by atoms with Gasteiger partial charge in [-0.2, -0.15) is 13.2 Å². The van der Waals surface area contributed by atoms with Gasteiger partial charge in [0.2, 0.25) is 0 Å². The number of pyridine rings is 1. The van der Waals surface area contributed by atoms with E-state index in [1.165, 1.54) is 12.3 Å². The number of hydrogen-bond acceptors (Lipinski definition) is 3. The number of alkyl halides is 3. The molecule has 4 nitrogen and oxygen atoms in total. The van der Waals surface area contributed by atoms with Crippen molar-refractivity contribution in [3.63, 3.8) is 0 Å². The van der Waals surface area contributed by atoms with Crippen molar-refractivity contribution < 1.29 is 18.4 Å². The predicted octanol–water partition coefficient (Wildman–Crippen LogP) is 1.28. The third-order valence-corrected chi connectivity index (χ3v) is 1.60. The van der Waals surface area contributed by atoms with Gasteiger partial charge in [0.15, 0.2) is 5.84 Å². The van der Waals surface area contributed by atoms with Gasteiger partial charge >= 0.3 is 6.18 Å². The fourth-order valence-corrected chi connectivity index (χ4v) is 1.01. The van der Waals surface area contributed by atoms with Crippen LogP contribution in [0.1, 0.15) is 11.3 Å². The highest BCUT2D eigenvalue weighted by Gasteiger charge is 2.27. The molecule has 0 saturated heterocycles. The maximum absolute atomic E-state index is 12.0. The molecule has 0 aliphatic carbocycles. The largest absolute Gasteiger partial charge is 0.409 e. The highest BCUT2D eigenvalue weighted by atomic mass is 19.4. The Balaban J connectivity index is 2.93. The summed E-state index contributed by atoms with van der Waals surface area (Å²) in [6.07, 6.45) is -4.18. The first-order valence-electron chi connectivity index (χ1n) is 3.92. The molecule has 0 fully saturated rings. The van der Waals surface area contributed by atoms with Gasteiger partial charge < -0.3 is 10.9 Å². The summed E-state index contributed by atoms with van der Waals surface area (Å²) in [4.78, 5) is 3.66. The number of aromatic nitrogens is 1. The van der Waals surface area contributed by atoms with Crippen LogP contribution in [-0.4, -0.2) is 22.2 Å². The molecule has 0 saturated carbocycles. The molecule has 0 spiro atoms. The van der Waals surface area contributed by atoms with Crippen molar-refractivity contribution in [1.82, 2.24) is 4.98 Å². The van der Waals surface area contributed by atoms with E-state index in [1.54, 1.807) is 0 Å². The van der Waals surface area contributed by atoms with Gasteiger partial charge in [0.05, 0.1) is 6.42 Å².